The van der Waals surface area contributed by atoms with Gasteiger partial charge in [0.05, 0.1) is 24.5 Å². The molecule has 146 valence electrons. The summed E-state index contributed by atoms with van der Waals surface area (Å²) in [6.07, 6.45) is 8.79. The Morgan fingerprint density at radius 1 is 1.30 bits per heavy atom. The Morgan fingerprint density at radius 3 is 2.93 bits per heavy atom. The highest BCUT2D eigenvalue weighted by atomic mass is 16.3. The topological polar surface area (TPSA) is 70.3 Å². The average molecular weight is 371 g/mol. The number of aryl methyl sites for hydroxylation is 2. The smallest absolute Gasteiger partial charge is 0.225 e. The highest BCUT2D eigenvalue weighted by Gasteiger charge is 2.43. The first-order valence-electron chi connectivity index (χ1n) is 9.91. The van der Waals surface area contributed by atoms with Gasteiger partial charge in [0.1, 0.15) is 0 Å². The van der Waals surface area contributed by atoms with Crippen LogP contribution in [-0.2, 0) is 24.9 Å². The molecule has 1 N–H and O–H groups in total. The van der Waals surface area contributed by atoms with E-state index < -0.39 is 0 Å². The second-order valence-electron chi connectivity index (χ2n) is 8.26. The van der Waals surface area contributed by atoms with E-state index >= 15 is 0 Å². The molecule has 1 saturated heterocycles. The molecule has 4 rings (SSSR count). The van der Waals surface area contributed by atoms with Crippen molar-refractivity contribution in [2.45, 2.75) is 51.1 Å². The Hall–Kier alpha value is -1.99. The molecule has 0 bridgehead atoms. The van der Waals surface area contributed by atoms with E-state index in [9.17, 15) is 0 Å². The maximum atomic E-state index is 9.15. The molecule has 27 heavy (non-hydrogen) atoms. The van der Waals surface area contributed by atoms with Crippen molar-refractivity contribution < 1.29 is 5.11 Å². The Labute approximate surface area is 161 Å². The second kappa shape index (κ2) is 7.20. The van der Waals surface area contributed by atoms with Crippen LogP contribution < -0.4 is 4.90 Å². The number of piperidine rings is 1. The minimum atomic E-state index is 0.123. The first-order chi connectivity index (χ1) is 13.0. The number of nitrogens with zero attached hydrogens (tertiary/aromatic N) is 6. The van der Waals surface area contributed by atoms with Gasteiger partial charge < -0.3 is 10.0 Å². The minimum absolute atomic E-state index is 0.123. The van der Waals surface area contributed by atoms with E-state index in [1.54, 1.807) is 0 Å². The lowest BCUT2D eigenvalue weighted by molar-refractivity contribution is 0.136. The molecule has 7 nitrogen and oxygen atoms in total. The quantitative estimate of drug-likeness (QED) is 0.861. The van der Waals surface area contributed by atoms with Gasteiger partial charge in [-0.2, -0.15) is 5.10 Å². The molecule has 1 fully saturated rings. The summed E-state index contributed by atoms with van der Waals surface area (Å²) in [4.78, 5) is 14.0. The van der Waals surface area contributed by atoms with E-state index in [2.05, 4.69) is 28.1 Å². The molecule has 7 heteroatoms. The van der Waals surface area contributed by atoms with Crippen LogP contribution >= 0.6 is 0 Å². The van der Waals surface area contributed by atoms with Gasteiger partial charge in [0.25, 0.3) is 0 Å². The number of aliphatic hydroxyl groups excluding tert-OH is 1. The predicted octanol–water partition coefficient (Wildman–Crippen LogP) is 1.52. The summed E-state index contributed by atoms with van der Waals surface area (Å²) in [5.41, 5.74) is 5.09. The molecule has 0 saturated carbocycles. The molecule has 0 amide bonds. The van der Waals surface area contributed by atoms with Crippen molar-refractivity contribution in [1.29, 1.82) is 0 Å². The number of aliphatic hydroxyl groups is 1. The highest BCUT2D eigenvalue weighted by molar-refractivity contribution is 5.39. The van der Waals surface area contributed by atoms with Gasteiger partial charge in [-0.15, -0.1) is 0 Å². The van der Waals surface area contributed by atoms with Crippen LogP contribution in [-0.4, -0.2) is 63.5 Å². The SMILES string of the molecule is Cc1nn(CCO)cc1CN1CCCC2(CCc3cnc(N(C)C)nc32)C1. The zero-order valence-electron chi connectivity index (χ0n) is 16.6. The third kappa shape index (κ3) is 3.46. The summed E-state index contributed by atoms with van der Waals surface area (Å²) >= 11 is 0. The molecular formula is C20H30N6O. The third-order valence-electron chi connectivity index (χ3n) is 6.05. The Morgan fingerprint density at radius 2 is 2.15 bits per heavy atom. The Bertz CT molecular complexity index is 813. The van der Waals surface area contributed by atoms with E-state index in [1.165, 1.54) is 36.1 Å². The highest BCUT2D eigenvalue weighted by Crippen LogP contribution is 2.44. The average Bonchev–Trinajstić information content (AvgIpc) is 3.16. The summed E-state index contributed by atoms with van der Waals surface area (Å²) in [7, 11) is 4.01. The Balaban J connectivity index is 1.55. The van der Waals surface area contributed by atoms with Crippen LogP contribution in [0.1, 0.15) is 41.8 Å². The number of likely N-dealkylation sites (tertiary alicyclic amines) is 1. The number of aromatic nitrogens is 4. The molecule has 1 unspecified atom stereocenters. The van der Waals surface area contributed by atoms with E-state index in [1.807, 2.05) is 29.9 Å². The largest absolute Gasteiger partial charge is 0.394 e. The van der Waals surface area contributed by atoms with E-state index in [-0.39, 0.29) is 12.0 Å². The number of fused-ring (bicyclic) bond motifs is 2. The van der Waals surface area contributed by atoms with Gasteiger partial charge >= 0.3 is 0 Å². The maximum Gasteiger partial charge on any atom is 0.225 e. The summed E-state index contributed by atoms with van der Waals surface area (Å²) in [5.74, 6) is 0.813. The van der Waals surface area contributed by atoms with Crippen LogP contribution in [0.25, 0.3) is 0 Å². The van der Waals surface area contributed by atoms with Gasteiger partial charge in [-0.1, -0.05) is 0 Å². The lowest BCUT2D eigenvalue weighted by Crippen LogP contribution is -2.45. The zero-order valence-corrected chi connectivity index (χ0v) is 16.6. The maximum absolute atomic E-state index is 9.15. The van der Waals surface area contributed by atoms with Crippen LogP contribution in [0.2, 0.25) is 0 Å². The fraction of sp³-hybridized carbons (Fsp3) is 0.650. The zero-order chi connectivity index (χ0) is 19.0. The molecule has 0 radical (unpaired) electrons. The molecule has 1 atom stereocenters. The molecule has 2 aromatic heterocycles. The van der Waals surface area contributed by atoms with Gasteiger partial charge in [0.15, 0.2) is 0 Å². The fourth-order valence-electron chi connectivity index (χ4n) is 4.68. The van der Waals surface area contributed by atoms with E-state index in [4.69, 9.17) is 10.1 Å². The van der Waals surface area contributed by atoms with Crippen molar-refractivity contribution in [2.75, 3.05) is 38.7 Å². The van der Waals surface area contributed by atoms with Crippen LogP contribution in [0.15, 0.2) is 12.4 Å². The number of hydrogen-bond donors (Lipinski definition) is 1. The molecular weight excluding hydrogens is 340 g/mol. The van der Waals surface area contributed by atoms with Gasteiger partial charge in [0, 0.05) is 50.6 Å². The first kappa shape index (κ1) is 18.4. The molecule has 2 aliphatic rings. The van der Waals surface area contributed by atoms with Gasteiger partial charge in [-0.25, -0.2) is 9.97 Å². The molecule has 1 spiro atoms. The van der Waals surface area contributed by atoms with Crippen molar-refractivity contribution >= 4 is 5.95 Å². The number of anilines is 1. The molecule has 0 aromatic carbocycles. The molecule has 3 heterocycles. The van der Waals surface area contributed by atoms with Gasteiger partial charge in [0.2, 0.25) is 5.95 Å². The monoisotopic (exact) mass is 370 g/mol. The lowest BCUT2D eigenvalue weighted by Gasteiger charge is -2.40. The third-order valence-corrected chi connectivity index (χ3v) is 6.05. The van der Waals surface area contributed by atoms with Crippen molar-refractivity contribution in [3.05, 3.63) is 34.9 Å². The molecule has 1 aliphatic heterocycles. The van der Waals surface area contributed by atoms with Crippen molar-refractivity contribution in [3.63, 3.8) is 0 Å². The summed E-state index contributed by atoms with van der Waals surface area (Å²) in [6, 6.07) is 0. The van der Waals surface area contributed by atoms with Crippen LogP contribution in [0, 0.1) is 6.92 Å². The summed E-state index contributed by atoms with van der Waals surface area (Å²) in [6.45, 7) is 5.83. The Kier molecular flexibility index (Phi) is 4.90. The van der Waals surface area contributed by atoms with Crippen LogP contribution in [0.3, 0.4) is 0 Å². The normalized spacial score (nSPS) is 22.4. The van der Waals surface area contributed by atoms with E-state index in [0.29, 0.717) is 6.54 Å². The predicted molar refractivity (Wildman–Crippen MR) is 105 cm³/mol. The van der Waals surface area contributed by atoms with Gasteiger partial charge in [-0.3, -0.25) is 9.58 Å². The lowest BCUT2D eigenvalue weighted by atomic mass is 9.77. The van der Waals surface area contributed by atoms with Crippen LogP contribution in [0.4, 0.5) is 5.95 Å². The van der Waals surface area contributed by atoms with Crippen molar-refractivity contribution in [3.8, 4) is 0 Å². The van der Waals surface area contributed by atoms with Crippen LogP contribution in [0.5, 0.6) is 0 Å². The van der Waals surface area contributed by atoms with Gasteiger partial charge in [-0.05, 0) is 44.7 Å². The van der Waals surface area contributed by atoms with E-state index in [0.717, 1.165) is 37.7 Å². The fourth-order valence-corrected chi connectivity index (χ4v) is 4.68. The summed E-state index contributed by atoms with van der Waals surface area (Å²) < 4.78 is 1.85. The second-order valence-corrected chi connectivity index (χ2v) is 8.26. The molecule has 1 aliphatic carbocycles. The van der Waals surface area contributed by atoms with Crippen molar-refractivity contribution in [1.82, 2.24) is 24.6 Å². The number of rotatable bonds is 5. The van der Waals surface area contributed by atoms with Crippen molar-refractivity contribution in [2.24, 2.45) is 0 Å². The molecule has 2 aromatic rings. The standard InChI is InChI=1S/C20H30N6O/c1-15-17(13-26(23-15)9-10-27)12-25-8-4-6-20(14-25)7-5-16-11-21-19(24(2)3)22-18(16)20/h11,13,27H,4-10,12,14H2,1-3H3. The minimum Gasteiger partial charge on any atom is -0.394 e. The first-order valence-corrected chi connectivity index (χ1v) is 9.91. The summed E-state index contributed by atoms with van der Waals surface area (Å²) in [5, 5.41) is 13.7. The number of hydrogen-bond acceptors (Lipinski definition) is 6.